The number of carboxylic acid groups (broad SMARTS) is 1. The Kier molecular flexibility index (Phi) is 5.95. The normalized spacial score (nSPS) is 10.5. The molecule has 1 heterocycles. The van der Waals surface area contributed by atoms with E-state index in [9.17, 15) is 9.59 Å². The first-order chi connectivity index (χ1) is 8.91. The van der Waals surface area contributed by atoms with E-state index in [-0.39, 0.29) is 18.4 Å². The number of pyridine rings is 1. The van der Waals surface area contributed by atoms with Crippen LogP contribution >= 0.6 is 15.9 Å². The van der Waals surface area contributed by atoms with Crippen LogP contribution < -0.4 is 0 Å². The second-order valence-electron chi connectivity index (χ2n) is 4.46. The lowest BCUT2D eigenvalue weighted by Gasteiger charge is -2.26. The van der Waals surface area contributed by atoms with Crippen molar-refractivity contribution in [3.63, 3.8) is 0 Å². The van der Waals surface area contributed by atoms with E-state index < -0.39 is 5.97 Å². The number of hydrogen-bond donors (Lipinski definition) is 1. The quantitative estimate of drug-likeness (QED) is 0.814. The summed E-state index contributed by atoms with van der Waals surface area (Å²) >= 11 is 3.23. The van der Waals surface area contributed by atoms with Gasteiger partial charge in [0.25, 0.3) is 5.91 Å². The fourth-order valence-corrected chi connectivity index (χ4v) is 2.06. The van der Waals surface area contributed by atoms with Crippen LogP contribution in [0.15, 0.2) is 22.9 Å². The second kappa shape index (κ2) is 7.23. The van der Waals surface area contributed by atoms with Crippen molar-refractivity contribution in [2.24, 2.45) is 0 Å². The van der Waals surface area contributed by atoms with Crippen LogP contribution in [-0.4, -0.2) is 39.5 Å². The van der Waals surface area contributed by atoms with E-state index in [1.165, 1.54) is 0 Å². The van der Waals surface area contributed by atoms with Crippen LogP contribution in [0.25, 0.3) is 0 Å². The molecule has 0 saturated carbocycles. The molecule has 0 aliphatic carbocycles. The Hall–Kier alpha value is -1.43. The van der Waals surface area contributed by atoms with Crippen LogP contribution in [0.4, 0.5) is 0 Å². The largest absolute Gasteiger partial charge is 0.481 e. The lowest BCUT2D eigenvalue weighted by molar-refractivity contribution is -0.137. The number of aliphatic carboxylic acids is 1. The summed E-state index contributed by atoms with van der Waals surface area (Å²) in [7, 11) is 0. The molecular formula is C13H17BrN2O3. The van der Waals surface area contributed by atoms with Gasteiger partial charge in [0.1, 0.15) is 4.60 Å². The summed E-state index contributed by atoms with van der Waals surface area (Å²) in [4.78, 5) is 28.5. The smallest absolute Gasteiger partial charge is 0.303 e. The van der Waals surface area contributed by atoms with Crippen molar-refractivity contribution in [3.8, 4) is 0 Å². The maximum atomic E-state index is 12.3. The average Bonchev–Trinajstić information content (AvgIpc) is 2.33. The van der Waals surface area contributed by atoms with Gasteiger partial charge >= 0.3 is 5.97 Å². The predicted octanol–water partition coefficient (Wildman–Crippen LogP) is 2.56. The number of nitrogens with zero attached hydrogens (tertiary/aromatic N) is 2. The Morgan fingerprint density at radius 3 is 2.68 bits per heavy atom. The third kappa shape index (κ3) is 4.98. The molecule has 1 rings (SSSR count). The van der Waals surface area contributed by atoms with Crippen LogP contribution in [0.5, 0.6) is 0 Å². The molecule has 104 valence electrons. The number of aromatic nitrogens is 1. The molecular weight excluding hydrogens is 312 g/mol. The Balaban J connectivity index is 2.75. The summed E-state index contributed by atoms with van der Waals surface area (Å²) < 4.78 is 0.604. The zero-order valence-electron chi connectivity index (χ0n) is 11.0. The molecule has 0 aliphatic heterocycles. The van der Waals surface area contributed by atoms with Gasteiger partial charge in [0.05, 0.1) is 0 Å². The summed E-state index contributed by atoms with van der Waals surface area (Å²) in [6.07, 6.45) is 2.08. The molecule has 1 aromatic heterocycles. The fraction of sp³-hybridized carbons (Fsp3) is 0.462. The van der Waals surface area contributed by atoms with Gasteiger partial charge in [0, 0.05) is 30.8 Å². The van der Waals surface area contributed by atoms with Crippen LogP contribution in [0.1, 0.15) is 37.0 Å². The molecule has 0 spiro atoms. The summed E-state index contributed by atoms with van der Waals surface area (Å²) in [6, 6.07) is 3.34. The van der Waals surface area contributed by atoms with E-state index in [0.717, 1.165) is 0 Å². The molecule has 1 N–H and O–H groups in total. The van der Waals surface area contributed by atoms with Gasteiger partial charge in [0.2, 0.25) is 0 Å². The van der Waals surface area contributed by atoms with Crippen molar-refractivity contribution in [2.45, 2.75) is 32.7 Å². The Bertz CT molecular complexity index is 463. The first-order valence-corrected chi connectivity index (χ1v) is 6.85. The minimum absolute atomic E-state index is 0.0215. The number of carbonyl (C=O) groups is 2. The van der Waals surface area contributed by atoms with E-state index in [4.69, 9.17) is 5.11 Å². The van der Waals surface area contributed by atoms with Crippen LogP contribution in [0.3, 0.4) is 0 Å². The van der Waals surface area contributed by atoms with Crippen molar-refractivity contribution in [1.29, 1.82) is 0 Å². The molecule has 0 bridgehead atoms. The molecule has 0 aliphatic rings. The van der Waals surface area contributed by atoms with E-state index >= 15 is 0 Å². The molecule has 0 aromatic carbocycles. The molecule has 0 fully saturated rings. The number of halogens is 1. The Morgan fingerprint density at radius 2 is 2.16 bits per heavy atom. The lowest BCUT2D eigenvalue weighted by atomic mass is 10.2. The Morgan fingerprint density at radius 1 is 1.47 bits per heavy atom. The highest BCUT2D eigenvalue weighted by atomic mass is 79.9. The standard InChI is InChI=1S/C13H17BrN2O3/c1-9(2)16(7-3-4-12(17)18)13(19)10-5-6-15-11(14)8-10/h5-6,8-9H,3-4,7H2,1-2H3,(H,17,18). The Labute approximate surface area is 120 Å². The van der Waals surface area contributed by atoms with E-state index in [2.05, 4.69) is 20.9 Å². The minimum atomic E-state index is -0.845. The monoisotopic (exact) mass is 328 g/mol. The third-order valence-electron chi connectivity index (χ3n) is 2.65. The zero-order chi connectivity index (χ0) is 14.4. The average molecular weight is 329 g/mol. The third-order valence-corrected chi connectivity index (χ3v) is 3.08. The highest BCUT2D eigenvalue weighted by molar-refractivity contribution is 9.10. The van der Waals surface area contributed by atoms with Crippen LogP contribution in [-0.2, 0) is 4.79 Å². The van der Waals surface area contributed by atoms with Gasteiger partial charge in [-0.25, -0.2) is 4.98 Å². The highest BCUT2D eigenvalue weighted by Crippen LogP contribution is 2.13. The van der Waals surface area contributed by atoms with E-state index in [0.29, 0.717) is 23.1 Å². The molecule has 0 unspecified atom stereocenters. The van der Waals surface area contributed by atoms with Gasteiger partial charge in [-0.3, -0.25) is 9.59 Å². The number of rotatable bonds is 6. The summed E-state index contributed by atoms with van der Waals surface area (Å²) in [5.74, 6) is -0.953. The maximum Gasteiger partial charge on any atom is 0.303 e. The van der Waals surface area contributed by atoms with Crippen molar-refractivity contribution in [3.05, 3.63) is 28.5 Å². The van der Waals surface area contributed by atoms with Crippen molar-refractivity contribution >= 4 is 27.8 Å². The van der Waals surface area contributed by atoms with Gasteiger partial charge in [-0.15, -0.1) is 0 Å². The second-order valence-corrected chi connectivity index (χ2v) is 5.27. The number of amides is 1. The molecule has 6 heteroatoms. The topological polar surface area (TPSA) is 70.5 Å². The van der Waals surface area contributed by atoms with Gasteiger partial charge in [-0.1, -0.05) is 0 Å². The van der Waals surface area contributed by atoms with Gasteiger partial charge in [-0.2, -0.15) is 0 Å². The van der Waals surface area contributed by atoms with Gasteiger partial charge < -0.3 is 10.0 Å². The van der Waals surface area contributed by atoms with Crippen molar-refractivity contribution in [2.75, 3.05) is 6.54 Å². The lowest BCUT2D eigenvalue weighted by Crippen LogP contribution is -2.37. The zero-order valence-corrected chi connectivity index (χ0v) is 12.6. The van der Waals surface area contributed by atoms with E-state index in [1.807, 2.05) is 13.8 Å². The molecule has 0 atom stereocenters. The van der Waals surface area contributed by atoms with E-state index in [1.54, 1.807) is 23.2 Å². The molecule has 1 aromatic rings. The van der Waals surface area contributed by atoms with Crippen LogP contribution in [0, 0.1) is 0 Å². The fourth-order valence-electron chi connectivity index (χ4n) is 1.70. The molecule has 0 saturated heterocycles. The molecule has 19 heavy (non-hydrogen) atoms. The summed E-state index contributed by atoms with van der Waals surface area (Å²) in [5, 5.41) is 8.64. The predicted molar refractivity (Wildman–Crippen MR) is 75.0 cm³/mol. The molecule has 0 radical (unpaired) electrons. The molecule has 1 amide bonds. The number of hydrogen-bond acceptors (Lipinski definition) is 3. The first-order valence-electron chi connectivity index (χ1n) is 6.06. The van der Waals surface area contributed by atoms with Crippen molar-refractivity contribution < 1.29 is 14.7 Å². The minimum Gasteiger partial charge on any atom is -0.481 e. The van der Waals surface area contributed by atoms with Gasteiger partial charge in [-0.05, 0) is 48.3 Å². The summed E-state index contributed by atoms with van der Waals surface area (Å²) in [6.45, 7) is 4.26. The highest BCUT2D eigenvalue weighted by Gasteiger charge is 2.19. The summed E-state index contributed by atoms with van der Waals surface area (Å²) in [5.41, 5.74) is 0.547. The maximum absolute atomic E-state index is 12.3. The van der Waals surface area contributed by atoms with Gasteiger partial charge in [0.15, 0.2) is 0 Å². The van der Waals surface area contributed by atoms with Crippen LogP contribution in [0.2, 0.25) is 0 Å². The number of carboxylic acids is 1. The number of carbonyl (C=O) groups excluding carboxylic acids is 1. The SMILES string of the molecule is CC(C)N(CCCC(=O)O)C(=O)c1ccnc(Br)c1. The first kappa shape index (κ1) is 15.6. The van der Waals surface area contributed by atoms with Crippen molar-refractivity contribution in [1.82, 2.24) is 9.88 Å². The molecule has 5 nitrogen and oxygen atoms in total.